The first kappa shape index (κ1) is 36.2. The van der Waals surface area contributed by atoms with Gasteiger partial charge in [0.25, 0.3) is 0 Å². The maximum atomic E-state index is 5.73. The van der Waals surface area contributed by atoms with Gasteiger partial charge in [0.15, 0.2) is 0 Å². The monoisotopic (exact) mass is 954 g/mol. The topological polar surface area (TPSA) is 77.8 Å². The third-order valence-electron chi connectivity index (χ3n) is 6.74. The summed E-state index contributed by atoms with van der Waals surface area (Å²) in [6, 6.07) is 29.3. The van der Waals surface area contributed by atoms with Crippen LogP contribution in [0.5, 0.6) is 0 Å². The van der Waals surface area contributed by atoms with E-state index in [1.807, 2.05) is 36.4 Å². The number of hydrogen-bond acceptors (Lipinski definition) is 4. The van der Waals surface area contributed by atoms with Crippen molar-refractivity contribution >= 4 is 146 Å². The Labute approximate surface area is 287 Å². The summed E-state index contributed by atoms with van der Waals surface area (Å²) in [6.07, 6.45) is 5.62. The molecule has 0 atom stereocenters. The fourth-order valence-corrected chi connectivity index (χ4v) is 9.50. The third kappa shape index (κ3) is 9.84. The number of fused-ring (bicyclic) bond motifs is 4. The van der Waals surface area contributed by atoms with Crippen LogP contribution in [0.4, 0.5) is 11.4 Å². The number of nitrogen functional groups attached to an aromatic ring is 2. The van der Waals surface area contributed by atoms with Crippen LogP contribution >= 0.6 is 26.5 Å². The maximum absolute atomic E-state index is 5.73. The van der Waals surface area contributed by atoms with Gasteiger partial charge in [-0.3, -0.25) is 0 Å². The van der Waals surface area contributed by atoms with Crippen LogP contribution in [-0.2, 0) is 0 Å². The summed E-state index contributed by atoms with van der Waals surface area (Å²) < 4.78 is 7.21. The molecule has 4 N–H and O–H groups in total. The molecule has 0 aliphatic heterocycles. The summed E-state index contributed by atoms with van der Waals surface area (Å²) >= 11 is -4.95. The number of anilines is 2. The zero-order valence-electron chi connectivity index (χ0n) is 23.4. The fraction of sp³-hybridized carbons (Fsp3) is 0.152. The molecular weight excluding hydrogens is 922 g/mol. The van der Waals surface area contributed by atoms with E-state index >= 15 is 0 Å². The van der Waals surface area contributed by atoms with Crippen LogP contribution in [0.1, 0.15) is 14.4 Å². The van der Waals surface area contributed by atoms with E-state index in [4.69, 9.17) is 49.4 Å². The number of rotatable bonds is 3. The molecule has 0 unspecified atom stereocenters. The predicted octanol–water partition coefficient (Wildman–Crippen LogP) is 8.12. The van der Waals surface area contributed by atoms with Crippen LogP contribution in [0.3, 0.4) is 0 Å². The van der Waals surface area contributed by atoms with Gasteiger partial charge in [0.2, 0.25) is 0 Å². The summed E-state index contributed by atoms with van der Waals surface area (Å²) in [5.74, 6) is 0. The number of nitrogens with zero attached hydrogens (tertiary/aromatic N) is 2. The van der Waals surface area contributed by atoms with Gasteiger partial charge in [-0.1, -0.05) is 19.6 Å². The summed E-state index contributed by atoms with van der Waals surface area (Å²) in [5, 5.41) is 4.62. The molecule has 2 aromatic heterocycles. The Morgan fingerprint density at radius 2 is 1.02 bits per heavy atom. The van der Waals surface area contributed by atoms with E-state index in [1.54, 1.807) is 3.51 Å². The van der Waals surface area contributed by atoms with Crippen molar-refractivity contribution in [1.29, 1.82) is 0 Å². The summed E-state index contributed by atoms with van der Waals surface area (Å²) in [5.41, 5.74) is 16.9. The van der Waals surface area contributed by atoms with Gasteiger partial charge in [-0.2, -0.15) is 0 Å². The fourth-order valence-electron chi connectivity index (χ4n) is 4.36. The van der Waals surface area contributed by atoms with Gasteiger partial charge >= 0.3 is 191 Å². The Balaban J connectivity index is 0.000000212. The second-order valence-electron chi connectivity index (χ2n) is 9.53. The van der Waals surface area contributed by atoms with Crippen molar-refractivity contribution in [2.75, 3.05) is 11.5 Å². The van der Waals surface area contributed by atoms with Crippen molar-refractivity contribution in [3.05, 3.63) is 84.9 Å². The van der Waals surface area contributed by atoms with Crippen LogP contribution in [-0.4, -0.2) is 67.2 Å². The number of aromatic nitrogens is 2. The van der Waals surface area contributed by atoms with Crippen LogP contribution in [0, 0.1) is 10.3 Å². The first-order valence-corrected chi connectivity index (χ1v) is 33.4. The summed E-state index contributed by atoms with van der Waals surface area (Å²) in [4.78, 5) is 14.1. The molecule has 0 saturated heterocycles. The average Bonchev–Trinajstić information content (AvgIpc) is 2.97. The summed E-state index contributed by atoms with van der Waals surface area (Å²) in [6.45, 7) is 2.31. The van der Waals surface area contributed by atoms with E-state index in [9.17, 15) is 0 Å². The zero-order valence-corrected chi connectivity index (χ0v) is 33.3. The zero-order chi connectivity index (χ0) is 30.4. The molecule has 0 fully saturated rings. The van der Waals surface area contributed by atoms with E-state index < -0.39 is 57.2 Å². The predicted molar refractivity (Wildman–Crippen MR) is 199 cm³/mol. The average molecular weight is 957 g/mol. The van der Waals surface area contributed by atoms with Crippen molar-refractivity contribution in [3.63, 3.8) is 0 Å². The normalized spacial score (nSPS) is 10.8. The third-order valence-corrected chi connectivity index (χ3v) is 16.9. The standard InChI is InChI=1S/C13H11N3.C13H7N.C2H5.C2H.CH4.2CH3.3ClH.3Sb/c14-10-3-1-8-5-9-2-4-11(15)7-13(9)16-12(8)6-10;1-3-7-12-10(5-1)9-11-6-2-4-8-13(11)14-12;2*1-2;;;;;;;;;/h1-7H,14-15H2;1-2,5-9H;1H2,2H3;1H;1H4;2*1H3;3*1H;;;/q;;;;;;;;;;;+3;/p-3/i;;;;;;;;;;2*1-1;. The molecule has 6 aromatic rings. The molecule has 6 rings (SSSR count). The molecule has 4 aromatic carbocycles. The number of nitrogens with two attached hydrogens (primary N) is 2. The molecule has 0 bridgehead atoms. The molecule has 0 saturated carbocycles. The number of benzene rings is 4. The molecule has 4 nitrogen and oxygen atoms in total. The van der Waals surface area contributed by atoms with Crippen molar-refractivity contribution in [3.8, 4) is 10.3 Å². The molecule has 222 valence electrons. The molecule has 0 aliphatic rings. The van der Waals surface area contributed by atoms with E-state index in [-0.39, 0.29) is 7.43 Å². The number of halogens is 3. The molecule has 43 heavy (non-hydrogen) atoms. The van der Waals surface area contributed by atoms with Crippen LogP contribution in [0.2, 0.25) is 14.1 Å². The minimum atomic E-state index is -2.03. The number of terminal acetylenes is 1. The van der Waals surface area contributed by atoms with Gasteiger partial charge in [-0.05, 0) is 30.3 Å². The minimum absolute atomic E-state index is 0. The van der Waals surface area contributed by atoms with Crippen molar-refractivity contribution in [2.24, 2.45) is 0 Å². The van der Waals surface area contributed by atoms with Crippen molar-refractivity contribution in [2.45, 2.75) is 28.5 Å². The summed E-state index contributed by atoms with van der Waals surface area (Å²) in [7, 11) is 15.0. The van der Waals surface area contributed by atoms with Gasteiger partial charge in [0.1, 0.15) is 0 Å². The van der Waals surface area contributed by atoms with Gasteiger partial charge in [0, 0.05) is 22.1 Å². The van der Waals surface area contributed by atoms with E-state index in [1.165, 1.54) is 18.6 Å². The van der Waals surface area contributed by atoms with Crippen LogP contribution in [0.25, 0.3) is 43.6 Å². The second kappa shape index (κ2) is 16.9. The Kier molecular flexibility index (Phi) is 14.2. The first-order chi connectivity index (χ1) is 20.1. The Hall–Kier alpha value is -1.30. The number of hydrogen-bond donors (Lipinski definition) is 2. The molecule has 10 heteroatoms. The van der Waals surface area contributed by atoms with Crippen molar-refractivity contribution < 1.29 is 0 Å². The van der Waals surface area contributed by atoms with E-state index in [2.05, 4.69) is 74.0 Å². The quantitative estimate of drug-likeness (QED) is 0.0814. The van der Waals surface area contributed by atoms with Crippen molar-refractivity contribution in [1.82, 2.24) is 9.97 Å². The van der Waals surface area contributed by atoms with Gasteiger partial charge in [-0.15, -0.1) is 0 Å². The second-order valence-corrected chi connectivity index (χ2v) is 33.6. The Morgan fingerprint density at radius 1 is 0.651 bits per heavy atom. The molecule has 0 spiro atoms. The van der Waals surface area contributed by atoms with Crippen LogP contribution < -0.4 is 18.5 Å². The first-order valence-electron chi connectivity index (χ1n) is 13.0. The van der Waals surface area contributed by atoms with Gasteiger partial charge in [0.05, 0.1) is 11.0 Å². The SMILES string of the molecule is C.C#[C][Sb]([CH3])[c]1ccc2cc3cc[c]([121Sb]([CH3])[CH2]C)cc3nc2c1.Nc1ccc2cc3ccc(N)cc3nc2c1.[Cl][121Sb]([Cl])[Cl]. The Bertz CT molecular complexity index is 1850. The molecular formula is C33H34Cl3N4Sb3. The van der Waals surface area contributed by atoms with Crippen LogP contribution in [0.15, 0.2) is 84.9 Å². The molecule has 2 heterocycles. The molecule has 0 radical (unpaired) electrons. The molecule has 0 aliphatic carbocycles. The van der Waals surface area contributed by atoms with E-state index in [0.29, 0.717) is 0 Å². The van der Waals surface area contributed by atoms with E-state index in [0.717, 1.165) is 44.2 Å². The number of pyridine rings is 2. The van der Waals surface area contributed by atoms with Gasteiger partial charge < -0.3 is 11.5 Å². The molecule has 0 amide bonds. The van der Waals surface area contributed by atoms with Gasteiger partial charge in [-0.25, -0.2) is 4.98 Å². The Morgan fingerprint density at radius 3 is 1.44 bits per heavy atom.